The first kappa shape index (κ1) is 24.6. The highest BCUT2D eigenvalue weighted by molar-refractivity contribution is 5.69. The van der Waals surface area contributed by atoms with E-state index < -0.39 is 43.1 Å². The molecule has 0 bridgehead atoms. The molecular weight excluding hydrogens is 440 g/mol. The summed E-state index contributed by atoms with van der Waals surface area (Å²) in [5.41, 5.74) is 3.62. The van der Waals surface area contributed by atoms with Crippen molar-refractivity contribution in [3.8, 4) is 5.75 Å². The van der Waals surface area contributed by atoms with E-state index in [1.54, 1.807) is 19.1 Å². The summed E-state index contributed by atoms with van der Waals surface area (Å²) < 4.78 is 24.2. The fraction of sp³-hybridized carbons (Fsp3) is 0.500. The predicted octanol–water partition coefficient (Wildman–Crippen LogP) is 1.86. The molecule has 0 amide bonds. The zero-order chi connectivity index (χ0) is 25.5. The highest BCUT2D eigenvalue weighted by atomic mass is 16.7. The highest BCUT2D eigenvalue weighted by Gasteiger charge is 2.45. The quantitative estimate of drug-likeness (QED) is 0.384. The van der Waals surface area contributed by atoms with E-state index in [2.05, 4.69) is 19.1 Å². The van der Waals surface area contributed by atoms with Crippen molar-refractivity contribution < 1.29 is 40.8 Å². The lowest BCUT2D eigenvalue weighted by Gasteiger charge is -2.40. The van der Waals surface area contributed by atoms with Crippen LogP contribution in [0.2, 0.25) is 0 Å². The van der Waals surface area contributed by atoms with E-state index in [1.807, 2.05) is 18.2 Å². The number of aliphatic hydroxyl groups excluding tert-OH is 4. The Labute approximate surface area is 201 Å². The molecule has 1 aliphatic rings. The van der Waals surface area contributed by atoms with Crippen molar-refractivity contribution in [1.82, 2.24) is 0 Å². The summed E-state index contributed by atoms with van der Waals surface area (Å²) in [6.07, 6.45) is -6.49. The molecule has 1 fully saturated rings. The number of rotatable bonds is 10. The monoisotopic (exact) mass is 475 g/mol. The van der Waals surface area contributed by atoms with Crippen LogP contribution >= 0.6 is 0 Å². The lowest BCUT2D eigenvalue weighted by molar-refractivity contribution is -0.278. The second-order valence-corrected chi connectivity index (χ2v) is 8.37. The van der Waals surface area contributed by atoms with E-state index in [4.69, 9.17) is 15.6 Å². The predicted molar refractivity (Wildman–Crippen MR) is 124 cm³/mol. The van der Waals surface area contributed by atoms with Gasteiger partial charge < -0.3 is 34.6 Å². The minimum atomic E-state index is -1.60. The second kappa shape index (κ2) is 12.3. The third kappa shape index (κ3) is 6.55. The van der Waals surface area contributed by atoms with Gasteiger partial charge >= 0.3 is 5.97 Å². The average molecular weight is 476 g/mol. The van der Waals surface area contributed by atoms with Gasteiger partial charge in [0.05, 0.1) is 6.61 Å². The van der Waals surface area contributed by atoms with E-state index in [0.29, 0.717) is 17.7 Å². The number of benzene rings is 2. The number of hydrogen-bond donors (Lipinski definition) is 4. The topological polar surface area (TPSA) is 126 Å². The van der Waals surface area contributed by atoms with Crippen molar-refractivity contribution in [2.75, 3.05) is 6.61 Å². The standard InChI is InChI=1S/C26H34O8/c1-3-5-22(28)32-15-21-23(29)24(30)25(31)26(34-21)33-20-13-18(14-27)10-11-19(20)12-17-8-6-16(4-2)7-9-17/h6-11,13,21,23-27,29-31H,3-5,12,14-15H2,1-2H3/t21-,23-,24+,25-,26?/m1/s1/i3D/t3?,21-,23-,24+,25-,26?. The van der Waals surface area contributed by atoms with Crippen molar-refractivity contribution in [2.45, 2.75) is 76.8 Å². The van der Waals surface area contributed by atoms with E-state index in [0.717, 1.165) is 17.5 Å². The van der Waals surface area contributed by atoms with Gasteiger partial charge in [-0.15, -0.1) is 0 Å². The fourth-order valence-corrected chi connectivity index (χ4v) is 3.74. The van der Waals surface area contributed by atoms with Gasteiger partial charge in [-0.3, -0.25) is 4.79 Å². The average Bonchev–Trinajstić information content (AvgIpc) is 2.84. The maximum absolute atomic E-state index is 11.8. The normalized spacial score (nSPS) is 25.9. The smallest absolute Gasteiger partial charge is 0.305 e. The molecule has 8 heteroatoms. The van der Waals surface area contributed by atoms with E-state index in [9.17, 15) is 25.2 Å². The molecule has 0 saturated carbocycles. The Balaban J connectivity index is 1.77. The number of esters is 1. The van der Waals surface area contributed by atoms with Gasteiger partial charge in [0.15, 0.2) is 0 Å². The van der Waals surface area contributed by atoms with Gasteiger partial charge in [-0.05, 0) is 41.1 Å². The number of aliphatic hydroxyl groups is 4. The summed E-state index contributed by atoms with van der Waals surface area (Å²) >= 11 is 0. The second-order valence-electron chi connectivity index (χ2n) is 8.37. The summed E-state index contributed by atoms with van der Waals surface area (Å²) in [6, 6.07) is 13.4. The number of carbonyl (C=O) groups excluding carboxylic acids is 1. The van der Waals surface area contributed by atoms with Gasteiger partial charge in [0, 0.05) is 14.2 Å². The molecule has 4 N–H and O–H groups in total. The number of ether oxygens (including phenoxy) is 3. The SMILES string of the molecule is [2H]C(C)CC(=O)OC[C@H]1OC(Oc2cc(CO)ccc2Cc2ccc(CC)cc2)[C@H](O)[C@@H](O)[C@@H]1O. The van der Waals surface area contributed by atoms with Gasteiger partial charge in [-0.1, -0.05) is 50.2 Å². The van der Waals surface area contributed by atoms with Crippen LogP contribution in [0.4, 0.5) is 0 Å². The molecule has 6 atom stereocenters. The summed E-state index contributed by atoms with van der Waals surface area (Å²) in [7, 11) is 0. The van der Waals surface area contributed by atoms with Crippen molar-refractivity contribution in [1.29, 1.82) is 0 Å². The van der Waals surface area contributed by atoms with Crippen molar-refractivity contribution in [3.63, 3.8) is 0 Å². The molecule has 34 heavy (non-hydrogen) atoms. The van der Waals surface area contributed by atoms with Crippen LogP contribution in [0.3, 0.4) is 0 Å². The number of hydrogen-bond acceptors (Lipinski definition) is 8. The van der Waals surface area contributed by atoms with Gasteiger partial charge in [0.1, 0.15) is 36.8 Å². The molecular formula is C26H34O8. The van der Waals surface area contributed by atoms with Gasteiger partial charge in [-0.2, -0.15) is 0 Å². The first-order valence-corrected chi connectivity index (χ1v) is 11.5. The third-order valence-electron chi connectivity index (χ3n) is 5.83. The van der Waals surface area contributed by atoms with E-state index in [-0.39, 0.29) is 19.6 Å². The van der Waals surface area contributed by atoms with Gasteiger partial charge in [0.2, 0.25) is 6.29 Å². The van der Waals surface area contributed by atoms with Crippen molar-refractivity contribution >= 4 is 5.97 Å². The Morgan fingerprint density at radius 3 is 2.32 bits per heavy atom. The molecule has 0 spiro atoms. The third-order valence-corrected chi connectivity index (χ3v) is 5.83. The molecule has 2 aromatic carbocycles. The molecule has 0 radical (unpaired) electrons. The van der Waals surface area contributed by atoms with E-state index in [1.165, 1.54) is 5.56 Å². The van der Waals surface area contributed by atoms with Crippen LogP contribution in [0.5, 0.6) is 5.75 Å². The van der Waals surface area contributed by atoms with Crippen LogP contribution in [0, 0.1) is 0 Å². The summed E-state index contributed by atoms with van der Waals surface area (Å²) in [5, 5.41) is 40.8. The minimum Gasteiger partial charge on any atom is -0.463 e. The molecule has 1 saturated heterocycles. The first-order valence-electron chi connectivity index (χ1n) is 12.0. The Kier molecular flexibility index (Phi) is 8.90. The summed E-state index contributed by atoms with van der Waals surface area (Å²) in [5.74, 6) is -0.282. The Bertz CT molecular complexity index is 964. The van der Waals surface area contributed by atoms with E-state index >= 15 is 0 Å². The molecule has 8 nitrogen and oxygen atoms in total. The van der Waals surface area contributed by atoms with Gasteiger partial charge in [-0.25, -0.2) is 0 Å². The molecule has 1 heterocycles. The lowest BCUT2D eigenvalue weighted by atomic mass is 9.98. The summed E-state index contributed by atoms with van der Waals surface area (Å²) in [4.78, 5) is 11.8. The van der Waals surface area contributed by atoms with Crippen LogP contribution < -0.4 is 4.74 Å². The minimum absolute atomic E-state index is 0.121. The molecule has 1 aliphatic heterocycles. The molecule has 2 aromatic rings. The molecule has 2 unspecified atom stereocenters. The first-order chi connectivity index (χ1) is 16.7. The van der Waals surface area contributed by atoms with Crippen LogP contribution in [0.1, 0.15) is 50.3 Å². The fourth-order valence-electron chi connectivity index (χ4n) is 3.74. The molecule has 186 valence electrons. The van der Waals surface area contributed by atoms with Crippen LogP contribution in [-0.4, -0.2) is 63.7 Å². The van der Waals surface area contributed by atoms with Gasteiger partial charge in [0.25, 0.3) is 0 Å². The number of aryl methyl sites for hydroxylation is 1. The highest BCUT2D eigenvalue weighted by Crippen LogP contribution is 2.29. The Hall–Kier alpha value is -2.49. The van der Waals surface area contributed by atoms with Crippen molar-refractivity contribution in [2.24, 2.45) is 0 Å². The lowest BCUT2D eigenvalue weighted by Crippen LogP contribution is -2.60. The maximum atomic E-state index is 11.8. The zero-order valence-corrected chi connectivity index (χ0v) is 19.5. The van der Waals surface area contributed by atoms with Crippen molar-refractivity contribution in [3.05, 3.63) is 64.7 Å². The Morgan fingerprint density at radius 2 is 1.68 bits per heavy atom. The largest absolute Gasteiger partial charge is 0.463 e. The summed E-state index contributed by atoms with van der Waals surface area (Å²) in [6.45, 7) is 3.04. The van der Waals surface area contributed by atoms with Crippen LogP contribution in [0.25, 0.3) is 0 Å². The maximum Gasteiger partial charge on any atom is 0.305 e. The number of carbonyl (C=O) groups is 1. The zero-order valence-electron chi connectivity index (χ0n) is 20.5. The van der Waals surface area contributed by atoms with Crippen LogP contribution in [-0.2, 0) is 33.7 Å². The Morgan fingerprint density at radius 1 is 1.00 bits per heavy atom. The molecule has 0 aliphatic carbocycles. The molecule has 0 aromatic heterocycles. The molecule has 3 rings (SSSR count). The van der Waals surface area contributed by atoms with Crippen LogP contribution in [0.15, 0.2) is 42.5 Å².